The van der Waals surface area contributed by atoms with E-state index < -0.39 is 0 Å². The lowest BCUT2D eigenvalue weighted by Gasteiger charge is -2.35. The summed E-state index contributed by atoms with van der Waals surface area (Å²) in [6.45, 7) is 0. The van der Waals surface area contributed by atoms with Crippen LogP contribution in [0.25, 0.3) is 17.2 Å². The Hall–Kier alpha value is -2.28. The number of hydrogen-bond acceptors (Lipinski definition) is 5. The SMILES string of the molecule is NC1(c2ncc(-c3nnc4ccncn34)[nH]2)CCC1. The van der Waals surface area contributed by atoms with Crippen molar-refractivity contribution >= 4 is 5.65 Å². The van der Waals surface area contributed by atoms with Gasteiger partial charge in [-0.2, -0.15) is 0 Å². The molecule has 0 atom stereocenters. The fraction of sp³-hybridized carbons (Fsp3) is 0.333. The first-order valence-electron chi connectivity index (χ1n) is 6.26. The minimum atomic E-state index is -0.295. The summed E-state index contributed by atoms with van der Waals surface area (Å²) in [6, 6.07) is 1.81. The second-order valence-electron chi connectivity index (χ2n) is 4.99. The Bertz CT molecular complexity index is 737. The number of nitrogens with one attached hydrogen (secondary N) is 1. The van der Waals surface area contributed by atoms with E-state index in [1.54, 1.807) is 18.7 Å². The fourth-order valence-corrected chi connectivity index (χ4v) is 2.41. The Kier molecular flexibility index (Phi) is 2.02. The van der Waals surface area contributed by atoms with Crippen LogP contribution in [0.4, 0.5) is 0 Å². The minimum absolute atomic E-state index is 0.295. The van der Waals surface area contributed by atoms with Crippen LogP contribution in [-0.2, 0) is 5.54 Å². The third-order valence-electron chi connectivity index (χ3n) is 3.75. The van der Waals surface area contributed by atoms with Gasteiger partial charge in [0.25, 0.3) is 0 Å². The Labute approximate surface area is 108 Å². The third kappa shape index (κ3) is 1.48. The summed E-state index contributed by atoms with van der Waals surface area (Å²) in [5, 5.41) is 8.26. The van der Waals surface area contributed by atoms with Crippen LogP contribution >= 0.6 is 0 Å². The van der Waals surface area contributed by atoms with Crippen LogP contribution in [0, 0.1) is 0 Å². The summed E-state index contributed by atoms with van der Waals surface area (Å²) in [5.74, 6) is 1.53. The van der Waals surface area contributed by atoms with Gasteiger partial charge in [-0.1, -0.05) is 0 Å². The largest absolute Gasteiger partial charge is 0.338 e. The number of aromatic nitrogens is 6. The van der Waals surface area contributed by atoms with E-state index in [9.17, 15) is 0 Å². The first-order valence-corrected chi connectivity index (χ1v) is 6.26. The number of imidazole rings is 1. The molecule has 4 rings (SSSR count). The smallest absolute Gasteiger partial charge is 0.187 e. The molecule has 1 saturated carbocycles. The zero-order valence-electron chi connectivity index (χ0n) is 10.2. The van der Waals surface area contributed by atoms with E-state index in [1.165, 1.54) is 0 Å². The molecule has 0 aliphatic heterocycles. The fourth-order valence-electron chi connectivity index (χ4n) is 2.41. The lowest BCUT2D eigenvalue weighted by atomic mass is 9.77. The number of H-pyrrole nitrogens is 1. The molecule has 3 aromatic heterocycles. The second-order valence-corrected chi connectivity index (χ2v) is 4.99. The average molecular weight is 255 g/mol. The molecule has 1 aliphatic rings. The normalized spacial score (nSPS) is 17.5. The Morgan fingerprint density at radius 1 is 1.32 bits per heavy atom. The molecule has 0 spiro atoms. The summed E-state index contributed by atoms with van der Waals surface area (Å²) >= 11 is 0. The highest BCUT2D eigenvalue weighted by Crippen LogP contribution is 2.37. The molecule has 7 heteroatoms. The quantitative estimate of drug-likeness (QED) is 0.707. The van der Waals surface area contributed by atoms with E-state index in [-0.39, 0.29) is 5.54 Å². The van der Waals surface area contributed by atoms with E-state index in [1.807, 2.05) is 10.5 Å². The Balaban J connectivity index is 1.80. The summed E-state index contributed by atoms with van der Waals surface area (Å²) in [5.41, 5.74) is 7.53. The topological polar surface area (TPSA) is 97.8 Å². The predicted octanol–water partition coefficient (Wildman–Crippen LogP) is 0.852. The molecule has 3 N–H and O–H groups in total. The third-order valence-corrected chi connectivity index (χ3v) is 3.75. The molecular weight excluding hydrogens is 242 g/mol. The molecule has 3 heterocycles. The number of rotatable bonds is 2. The lowest BCUT2D eigenvalue weighted by Crippen LogP contribution is -2.44. The number of hydrogen-bond donors (Lipinski definition) is 2. The monoisotopic (exact) mass is 255 g/mol. The van der Waals surface area contributed by atoms with Crippen molar-refractivity contribution in [1.82, 2.24) is 29.5 Å². The van der Waals surface area contributed by atoms with Crippen molar-refractivity contribution in [3.8, 4) is 11.5 Å². The van der Waals surface area contributed by atoms with E-state index in [2.05, 4.69) is 25.1 Å². The van der Waals surface area contributed by atoms with Crippen molar-refractivity contribution in [2.24, 2.45) is 5.73 Å². The van der Waals surface area contributed by atoms with Crippen molar-refractivity contribution in [2.45, 2.75) is 24.8 Å². The summed E-state index contributed by atoms with van der Waals surface area (Å²) in [6.07, 6.45) is 8.24. The van der Waals surface area contributed by atoms with Crippen molar-refractivity contribution in [2.75, 3.05) is 0 Å². The number of aromatic amines is 1. The second kappa shape index (κ2) is 3.61. The van der Waals surface area contributed by atoms with Crippen LogP contribution in [0.2, 0.25) is 0 Å². The molecule has 1 fully saturated rings. The molecular formula is C12H13N7. The molecule has 0 unspecified atom stereocenters. The van der Waals surface area contributed by atoms with Crippen molar-refractivity contribution < 1.29 is 0 Å². The molecule has 3 aromatic rings. The molecule has 7 nitrogen and oxygen atoms in total. The molecule has 0 amide bonds. The summed E-state index contributed by atoms with van der Waals surface area (Å²) in [4.78, 5) is 11.7. The van der Waals surface area contributed by atoms with Gasteiger partial charge in [-0.25, -0.2) is 9.97 Å². The van der Waals surface area contributed by atoms with Crippen LogP contribution in [0.5, 0.6) is 0 Å². The van der Waals surface area contributed by atoms with Crippen LogP contribution in [0.15, 0.2) is 24.8 Å². The molecule has 19 heavy (non-hydrogen) atoms. The zero-order valence-corrected chi connectivity index (χ0v) is 10.2. The van der Waals surface area contributed by atoms with Gasteiger partial charge in [-0.05, 0) is 19.3 Å². The van der Waals surface area contributed by atoms with Crippen LogP contribution in [-0.4, -0.2) is 29.5 Å². The highest BCUT2D eigenvalue weighted by Gasteiger charge is 2.37. The maximum absolute atomic E-state index is 6.25. The summed E-state index contributed by atoms with van der Waals surface area (Å²) < 4.78 is 1.82. The van der Waals surface area contributed by atoms with Crippen LogP contribution < -0.4 is 5.73 Å². The zero-order chi connectivity index (χ0) is 12.9. The Morgan fingerprint density at radius 2 is 2.21 bits per heavy atom. The summed E-state index contributed by atoms with van der Waals surface area (Å²) in [7, 11) is 0. The number of nitrogens with zero attached hydrogens (tertiary/aromatic N) is 5. The van der Waals surface area contributed by atoms with E-state index in [4.69, 9.17) is 5.73 Å². The number of fused-ring (bicyclic) bond motifs is 1. The highest BCUT2D eigenvalue weighted by atomic mass is 15.3. The van der Waals surface area contributed by atoms with E-state index >= 15 is 0 Å². The van der Waals surface area contributed by atoms with Gasteiger partial charge in [0.15, 0.2) is 11.5 Å². The van der Waals surface area contributed by atoms with Crippen molar-refractivity contribution in [1.29, 1.82) is 0 Å². The van der Waals surface area contributed by atoms with Crippen molar-refractivity contribution in [3.63, 3.8) is 0 Å². The van der Waals surface area contributed by atoms with Gasteiger partial charge < -0.3 is 10.7 Å². The predicted molar refractivity (Wildman–Crippen MR) is 68.1 cm³/mol. The standard InChI is InChI=1S/C12H13N7/c13-12(3-1-4-12)11-15-6-8(16-11)10-18-17-9-2-5-14-7-19(9)10/h2,5-7H,1,3-4,13H2,(H,15,16). The van der Waals surface area contributed by atoms with Crippen molar-refractivity contribution in [3.05, 3.63) is 30.6 Å². The molecule has 0 radical (unpaired) electrons. The van der Waals surface area contributed by atoms with Gasteiger partial charge in [0, 0.05) is 12.3 Å². The molecule has 0 bridgehead atoms. The van der Waals surface area contributed by atoms with Gasteiger partial charge >= 0.3 is 0 Å². The van der Waals surface area contributed by atoms with Crippen LogP contribution in [0.3, 0.4) is 0 Å². The molecule has 0 aromatic carbocycles. The molecule has 96 valence electrons. The Morgan fingerprint density at radius 3 is 3.00 bits per heavy atom. The van der Waals surface area contributed by atoms with Gasteiger partial charge in [0.1, 0.15) is 17.8 Å². The average Bonchev–Trinajstić information content (AvgIpc) is 3.02. The maximum Gasteiger partial charge on any atom is 0.187 e. The van der Waals surface area contributed by atoms with Gasteiger partial charge in [0.2, 0.25) is 0 Å². The van der Waals surface area contributed by atoms with Gasteiger partial charge in [0.05, 0.1) is 11.7 Å². The van der Waals surface area contributed by atoms with E-state index in [0.717, 1.165) is 36.4 Å². The number of nitrogens with two attached hydrogens (primary N) is 1. The molecule has 1 aliphatic carbocycles. The van der Waals surface area contributed by atoms with Gasteiger partial charge in [-0.15, -0.1) is 10.2 Å². The highest BCUT2D eigenvalue weighted by molar-refractivity contribution is 5.54. The lowest BCUT2D eigenvalue weighted by molar-refractivity contribution is 0.240. The maximum atomic E-state index is 6.25. The molecule has 0 saturated heterocycles. The van der Waals surface area contributed by atoms with Crippen LogP contribution in [0.1, 0.15) is 25.1 Å². The van der Waals surface area contributed by atoms with E-state index in [0.29, 0.717) is 5.82 Å². The minimum Gasteiger partial charge on any atom is -0.338 e. The van der Waals surface area contributed by atoms with Gasteiger partial charge in [-0.3, -0.25) is 4.40 Å². The first-order chi connectivity index (χ1) is 9.26. The first kappa shape index (κ1) is 10.6.